The van der Waals surface area contributed by atoms with Gasteiger partial charge in [0, 0.05) is 24.9 Å². The molecule has 0 aliphatic rings. The second-order valence-corrected chi connectivity index (χ2v) is 6.10. The fourth-order valence-electron chi connectivity index (χ4n) is 1.78. The molecular formula is C16H26N2O3. The van der Waals surface area contributed by atoms with E-state index in [0.29, 0.717) is 13.0 Å². The van der Waals surface area contributed by atoms with Crippen LogP contribution in [0, 0.1) is 0 Å². The Hall–Kier alpha value is -1.75. The minimum Gasteiger partial charge on any atom is -0.444 e. The van der Waals surface area contributed by atoms with Crippen LogP contribution in [0.3, 0.4) is 0 Å². The van der Waals surface area contributed by atoms with E-state index in [0.717, 1.165) is 11.3 Å². The highest BCUT2D eigenvalue weighted by Gasteiger charge is 2.16. The van der Waals surface area contributed by atoms with Crippen LogP contribution in [0.5, 0.6) is 0 Å². The number of ether oxygens (including phenoxy) is 1. The van der Waals surface area contributed by atoms with Gasteiger partial charge in [0.1, 0.15) is 5.60 Å². The lowest BCUT2D eigenvalue weighted by molar-refractivity contribution is 0.0526. The number of carbonyl (C=O) groups is 1. The van der Waals surface area contributed by atoms with Gasteiger partial charge in [0.25, 0.3) is 0 Å². The summed E-state index contributed by atoms with van der Waals surface area (Å²) in [5.41, 5.74) is 1.60. The molecule has 0 heterocycles. The molecule has 0 bridgehead atoms. The first-order chi connectivity index (χ1) is 9.80. The molecule has 0 spiro atoms. The van der Waals surface area contributed by atoms with Crippen molar-refractivity contribution >= 4 is 11.8 Å². The topological polar surface area (TPSA) is 70.6 Å². The highest BCUT2D eigenvalue weighted by molar-refractivity contribution is 5.67. The molecular weight excluding hydrogens is 268 g/mol. The predicted molar refractivity (Wildman–Crippen MR) is 84.6 cm³/mol. The summed E-state index contributed by atoms with van der Waals surface area (Å²) in [4.78, 5) is 11.5. The van der Waals surface area contributed by atoms with Gasteiger partial charge in [0.15, 0.2) is 0 Å². The van der Waals surface area contributed by atoms with Crippen molar-refractivity contribution in [3.8, 4) is 0 Å². The van der Waals surface area contributed by atoms with E-state index >= 15 is 0 Å². The summed E-state index contributed by atoms with van der Waals surface area (Å²) >= 11 is 0. The van der Waals surface area contributed by atoms with E-state index in [1.54, 1.807) is 0 Å². The van der Waals surface area contributed by atoms with Gasteiger partial charge in [-0.05, 0) is 51.8 Å². The largest absolute Gasteiger partial charge is 0.444 e. The molecule has 5 heteroatoms. The smallest absolute Gasteiger partial charge is 0.407 e. The van der Waals surface area contributed by atoms with Gasteiger partial charge in [0.2, 0.25) is 0 Å². The highest BCUT2D eigenvalue weighted by atomic mass is 16.6. The molecule has 0 saturated carbocycles. The van der Waals surface area contributed by atoms with Crippen molar-refractivity contribution < 1.29 is 14.6 Å². The Morgan fingerprint density at radius 1 is 1.29 bits per heavy atom. The van der Waals surface area contributed by atoms with Crippen LogP contribution in [0.4, 0.5) is 10.5 Å². The number of benzene rings is 1. The van der Waals surface area contributed by atoms with Crippen molar-refractivity contribution in [2.45, 2.75) is 45.8 Å². The van der Waals surface area contributed by atoms with Gasteiger partial charge in [0.05, 0.1) is 0 Å². The Bertz CT molecular complexity index is 438. The number of anilines is 1. The molecule has 0 fully saturated rings. The van der Waals surface area contributed by atoms with Crippen molar-refractivity contribution in [2.75, 3.05) is 18.5 Å². The van der Waals surface area contributed by atoms with E-state index in [1.165, 1.54) is 0 Å². The summed E-state index contributed by atoms with van der Waals surface area (Å²) in [6.45, 7) is 8.13. The number of hydrogen-bond donors (Lipinski definition) is 3. The van der Waals surface area contributed by atoms with Crippen LogP contribution in [0.2, 0.25) is 0 Å². The van der Waals surface area contributed by atoms with Crippen LogP contribution < -0.4 is 10.6 Å². The van der Waals surface area contributed by atoms with Gasteiger partial charge in [-0.25, -0.2) is 4.79 Å². The Kier molecular flexibility index (Phi) is 6.49. The Balaban J connectivity index is 2.36. The van der Waals surface area contributed by atoms with Crippen molar-refractivity contribution in [2.24, 2.45) is 0 Å². The number of nitrogens with one attached hydrogen (secondary N) is 2. The van der Waals surface area contributed by atoms with Gasteiger partial charge >= 0.3 is 6.09 Å². The molecule has 1 aromatic carbocycles. The lowest BCUT2D eigenvalue weighted by atomic mass is 10.1. The summed E-state index contributed by atoms with van der Waals surface area (Å²) < 4.78 is 5.18. The maximum Gasteiger partial charge on any atom is 0.407 e. The zero-order chi connectivity index (χ0) is 15.9. The average Bonchev–Trinajstić information content (AvgIpc) is 2.37. The van der Waals surface area contributed by atoms with Crippen molar-refractivity contribution in [3.63, 3.8) is 0 Å². The molecule has 1 rings (SSSR count). The third-order valence-electron chi connectivity index (χ3n) is 2.72. The number of carbonyl (C=O) groups excluding carboxylic acids is 1. The molecule has 0 aliphatic heterocycles. The maximum absolute atomic E-state index is 11.5. The van der Waals surface area contributed by atoms with E-state index in [1.807, 2.05) is 52.0 Å². The standard InChI is InChI=1S/C16H26N2O3/c1-12(11-17-15(20)21-16(2,3)4)18-14-7-5-13(6-8-14)9-10-19/h5-8,12,18-19H,9-11H2,1-4H3,(H,17,20). The van der Waals surface area contributed by atoms with Crippen LogP contribution in [-0.4, -0.2) is 36.0 Å². The summed E-state index contributed by atoms with van der Waals surface area (Å²) in [6, 6.07) is 7.98. The monoisotopic (exact) mass is 294 g/mol. The molecule has 0 aliphatic carbocycles. The number of hydrogen-bond acceptors (Lipinski definition) is 4. The SMILES string of the molecule is CC(CNC(=O)OC(C)(C)C)Nc1ccc(CCO)cc1. The molecule has 21 heavy (non-hydrogen) atoms. The Morgan fingerprint density at radius 2 is 1.90 bits per heavy atom. The summed E-state index contributed by atoms with van der Waals surface area (Å²) in [5, 5.41) is 14.9. The number of aliphatic hydroxyl groups is 1. The van der Waals surface area contributed by atoms with Crippen LogP contribution in [0.15, 0.2) is 24.3 Å². The third kappa shape index (κ3) is 7.56. The van der Waals surface area contributed by atoms with E-state index in [9.17, 15) is 4.79 Å². The lowest BCUT2D eigenvalue weighted by Gasteiger charge is -2.21. The molecule has 5 nitrogen and oxygen atoms in total. The molecule has 1 aromatic rings. The first-order valence-corrected chi connectivity index (χ1v) is 7.23. The Morgan fingerprint density at radius 3 is 2.43 bits per heavy atom. The predicted octanol–water partition coefficient (Wildman–Crippen LogP) is 2.55. The van der Waals surface area contributed by atoms with E-state index in [-0.39, 0.29) is 12.6 Å². The Labute approximate surface area is 126 Å². The van der Waals surface area contributed by atoms with Gasteiger partial charge in [-0.15, -0.1) is 0 Å². The summed E-state index contributed by atoms with van der Waals surface area (Å²) in [6.07, 6.45) is 0.255. The fourth-order valence-corrected chi connectivity index (χ4v) is 1.78. The van der Waals surface area contributed by atoms with Gasteiger partial charge in [-0.2, -0.15) is 0 Å². The third-order valence-corrected chi connectivity index (χ3v) is 2.72. The van der Waals surface area contributed by atoms with Gasteiger partial charge in [-0.3, -0.25) is 0 Å². The van der Waals surface area contributed by atoms with Crippen molar-refractivity contribution in [3.05, 3.63) is 29.8 Å². The zero-order valence-corrected chi connectivity index (χ0v) is 13.3. The molecule has 0 radical (unpaired) electrons. The van der Waals surface area contributed by atoms with Crippen LogP contribution in [-0.2, 0) is 11.2 Å². The first-order valence-electron chi connectivity index (χ1n) is 7.23. The van der Waals surface area contributed by atoms with E-state index in [4.69, 9.17) is 9.84 Å². The van der Waals surface area contributed by atoms with Crippen LogP contribution in [0.1, 0.15) is 33.3 Å². The molecule has 1 atom stereocenters. The average molecular weight is 294 g/mol. The number of amides is 1. The van der Waals surface area contributed by atoms with Gasteiger partial charge < -0.3 is 20.5 Å². The molecule has 0 saturated heterocycles. The maximum atomic E-state index is 11.5. The molecule has 0 aromatic heterocycles. The lowest BCUT2D eigenvalue weighted by Crippen LogP contribution is -2.38. The van der Waals surface area contributed by atoms with Crippen molar-refractivity contribution in [1.29, 1.82) is 0 Å². The van der Waals surface area contributed by atoms with Crippen molar-refractivity contribution in [1.82, 2.24) is 5.32 Å². The quantitative estimate of drug-likeness (QED) is 0.754. The second kappa shape index (κ2) is 7.88. The first kappa shape index (κ1) is 17.3. The minimum absolute atomic E-state index is 0.0845. The molecule has 118 valence electrons. The number of alkyl carbamates (subject to hydrolysis) is 1. The molecule has 3 N–H and O–H groups in total. The summed E-state index contributed by atoms with van der Waals surface area (Å²) in [7, 11) is 0. The van der Waals surface area contributed by atoms with Gasteiger partial charge in [-0.1, -0.05) is 12.1 Å². The molecule has 1 unspecified atom stereocenters. The van der Waals surface area contributed by atoms with E-state index < -0.39 is 11.7 Å². The van der Waals surface area contributed by atoms with Crippen LogP contribution in [0.25, 0.3) is 0 Å². The second-order valence-electron chi connectivity index (χ2n) is 6.10. The highest BCUT2D eigenvalue weighted by Crippen LogP contribution is 2.11. The number of rotatable bonds is 6. The fraction of sp³-hybridized carbons (Fsp3) is 0.562. The normalized spacial score (nSPS) is 12.6. The zero-order valence-electron chi connectivity index (χ0n) is 13.3. The molecule has 1 amide bonds. The summed E-state index contributed by atoms with van der Waals surface area (Å²) in [5.74, 6) is 0. The van der Waals surface area contributed by atoms with E-state index in [2.05, 4.69) is 10.6 Å². The number of aliphatic hydroxyl groups excluding tert-OH is 1. The minimum atomic E-state index is -0.483. The van der Waals surface area contributed by atoms with Crippen LogP contribution >= 0.6 is 0 Å².